The minimum atomic E-state index is 0.707. The maximum absolute atomic E-state index is 5.86. The monoisotopic (exact) mass is 245 g/mol. The molecule has 2 heterocycles. The molecule has 3 aromatic rings. The van der Waals surface area contributed by atoms with Crippen LogP contribution in [0.5, 0.6) is 0 Å². The fourth-order valence-corrected chi connectivity index (χ4v) is 1.83. The van der Waals surface area contributed by atoms with Gasteiger partial charge in [-0.25, -0.2) is 0 Å². The molecule has 1 aromatic carbocycles. The van der Waals surface area contributed by atoms with Crippen LogP contribution in [0.25, 0.3) is 11.3 Å². The Labute approximate surface area is 103 Å². The lowest BCUT2D eigenvalue weighted by Gasteiger charge is -1.97. The molecule has 0 unspecified atom stereocenters. The van der Waals surface area contributed by atoms with Crippen LogP contribution < -0.4 is 4.52 Å². The van der Waals surface area contributed by atoms with E-state index < -0.39 is 0 Å². The van der Waals surface area contributed by atoms with E-state index in [2.05, 4.69) is 10.3 Å². The topological polar surface area (TPSA) is 34.8 Å². The number of halogens is 1. The van der Waals surface area contributed by atoms with E-state index in [1.54, 1.807) is 4.80 Å². The van der Waals surface area contributed by atoms with E-state index in [1.807, 2.05) is 54.0 Å². The molecule has 0 atom stereocenters. The number of rotatable bonds is 1. The maximum Gasteiger partial charge on any atom is 0.330 e. The van der Waals surface area contributed by atoms with Gasteiger partial charge in [0.2, 0.25) is 0 Å². The van der Waals surface area contributed by atoms with Gasteiger partial charge in [-0.15, -0.1) is 4.52 Å². The summed E-state index contributed by atoms with van der Waals surface area (Å²) in [6, 6.07) is 11.5. The van der Waals surface area contributed by atoms with Crippen LogP contribution in [0, 0.1) is 6.92 Å². The summed E-state index contributed by atoms with van der Waals surface area (Å²) in [4.78, 5) is 1.73. The molecule has 5 heteroatoms. The Bertz CT molecular complexity index is 673. The molecule has 0 amide bonds. The maximum atomic E-state index is 5.86. The van der Waals surface area contributed by atoms with Crippen LogP contribution >= 0.6 is 11.6 Å². The second-order valence-electron chi connectivity index (χ2n) is 3.86. The largest absolute Gasteiger partial charge is 0.330 e. The van der Waals surface area contributed by atoms with Crippen LogP contribution in [0.3, 0.4) is 0 Å². The van der Waals surface area contributed by atoms with Crippen molar-refractivity contribution in [2.24, 2.45) is 0 Å². The Morgan fingerprint density at radius 2 is 1.94 bits per heavy atom. The zero-order valence-electron chi connectivity index (χ0n) is 9.21. The standard InChI is InChI=1S/C12H10ClN4/c1-9-6-7-16-12(8-9)14-15-17(16)11-4-2-10(13)3-5-11/h2-8H,1H3/q+1. The van der Waals surface area contributed by atoms with Crippen LogP contribution in [0.2, 0.25) is 5.02 Å². The highest BCUT2D eigenvalue weighted by atomic mass is 35.5. The third kappa shape index (κ3) is 1.76. The molecular weight excluding hydrogens is 236 g/mol. The Hall–Kier alpha value is -1.94. The molecule has 0 fully saturated rings. The first kappa shape index (κ1) is 10.2. The first-order valence-corrected chi connectivity index (χ1v) is 5.62. The molecule has 0 N–H and O–H groups in total. The number of fused-ring (bicyclic) bond motifs is 1. The van der Waals surface area contributed by atoms with Crippen LogP contribution in [-0.2, 0) is 0 Å². The van der Waals surface area contributed by atoms with Crippen molar-refractivity contribution in [2.75, 3.05) is 0 Å². The number of tetrazole rings is 1. The Morgan fingerprint density at radius 3 is 2.71 bits per heavy atom. The third-order valence-corrected chi connectivity index (χ3v) is 2.82. The molecule has 17 heavy (non-hydrogen) atoms. The Kier molecular flexibility index (Phi) is 2.30. The zero-order chi connectivity index (χ0) is 11.8. The number of hydrogen-bond donors (Lipinski definition) is 0. The van der Waals surface area contributed by atoms with Gasteiger partial charge in [-0.1, -0.05) is 11.6 Å². The number of nitrogens with zero attached hydrogens (tertiary/aromatic N) is 4. The Morgan fingerprint density at radius 1 is 1.18 bits per heavy atom. The highest BCUT2D eigenvalue weighted by Gasteiger charge is 2.13. The van der Waals surface area contributed by atoms with Crippen LogP contribution in [-0.4, -0.2) is 15.1 Å². The highest BCUT2D eigenvalue weighted by Crippen LogP contribution is 2.11. The summed E-state index contributed by atoms with van der Waals surface area (Å²) in [5.41, 5.74) is 2.90. The minimum absolute atomic E-state index is 0.707. The van der Waals surface area contributed by atoms with Crippen LogP contribution in [0.4, 0.5) is 0 Å². The van der Waals surface area contributed by atoms with E-state index in [4.69, 9.17) is 11.6 Å². The van der Waals surface area contributed by atoms with Gasteiger partial charge in [0.25, 0.3) is 0 Å². The van der Waals surface area contributed by atoms with Gasteiger partial charge in [0.05, 0.1) is 6.20 Å². The molecule has 0 aliphatic heterocycles. The zero-order valence-corrected chi connectivity index (χ0v) is 9.96. The molecule has 0 saturated heterocycles. The van der Waals surface area contributed by atoms with Crippen molar-refractivity contribution in [1.29, 1.82) is 0 Å². The van der Waals surface area contributed by atoms with Gasteiger partial charge < -0.3 is 0 Å². The van der Waals surface area contributed by atoms with E-state index >= 15 is 0 Å². The molecule has 0 saturated carbocycles. The van der Waals surface area contributed by atoms with Gasteiger partial charge in [-0.2, -0.15) is 0 Å². The summed E-state index contributed by atoms with van der Waals surface area (Å²) in [5.74, 6) is 0. The van der Waals surface area contributed by atoms with Crippen molar-refractivity contribution in [3.63, 3.8) is 0 Å². The predicted octanol–water partition coefficient (Wildman–Crippen LogP) is 1.97. The summed E-state index contributed by atoms with van der Waals surface area (Å²) in [5, 5.41) is 8.95. The second-order valence-corrected chi connectivity index (χ2v) is 4.30. The smallest absolute Gasteiger partial charge is 0.123 e. The van der Waals surface area contributed by atoms with Gasteiger partial charge >= 0.3 is 5.65 Å². The number of hydrogen-bond acceptors (Lipinski definition) is 2. The molecule has 0 radical (unpaired) electrons. The normalized spacial score (nSPS) is 10.9. The molecule has 0 spiro atoms. The quantitative estimate of drug-likeness (QED) is 0.615. The van der Waals surface area contributed by atoms with Crippen LogP contribution in [0.1, 0.15) is 5.56 Å². The fraction of sp³-hybridized carbons (Fsp3) is 0.0833. The molecule has 0 bridgehead atoms. The van der Waals surface area contributed by atoms with E-state index in [-0.39, 0.29) is 0 Å². The van der Waals surface area contributed by atoms with Crippen molar-refractivity contribution in [1.82, 2.24) is 15.1 Å². The molecule has 0 aliphatic carbocycles. The molecule has 0 aliphatic rings. The lowest BCUT2D eigenvalue weighted by molar-refractivity contribution is -0.604. The molecular formula is C12H10ClN4+. The number of aromatic nitrogens is 4. The summed E-state index contributed by atoms with van der Waals surface area (Å²) < 4.78 is 1.89. The predicted molar refractivity (Wildman–Crippen MR) is 64.3 cm³/mol. The molecule has 2 aromatic heterocycles. The van der Waals surface area contributed by atoms with Crippen molar-refractivity contribution in [3.8, 4) is 5.69 Å². The van der Waals surface area contributed by atoms with E-state index in [0.717, 1.165) is 16.9 Å². The lowest BCUT2D eigenvalue weighted by Crippen LogP contribution is -2.32. The average Bonchev–Trinajstić information content (AvgIpc) is 2.73. The number of aryl methyl sites for hydroxylation is 1. The highest BCUT2D eigenvalue weighted by molar-refractivity contribution is 6.30. The van der Waals surface area contributed by atoms with Gasteiger partial charge in [0.15, 0.2) is 5.21 Å². The van der Waals surface area contributed by atoms with Gasteiger partial charge in [-0.3, -0.25) is 0 Å². The van der Waals surface area contributed by atoms with E-state index in [0.29, 0.717) is 5.02 Å². The average molecular weight is 246 g/mol. The summed E-state index contributed by atoms with van der Waals surface area (Å²) in [6.07, 6.45) is 1.94. The number of pyridine rings is 1. The summed E-state index contributed by atoms with van der Waals surface area (Å²) in [7, 11) is 0. The summed E-state index contributed by atoms with van der Waals surface area (Å²) >= 11 is 5.86. The molecule has 3 rings (SSSR count). The second kappa shape index (κ2) is 3.82. The van der Waals surface area contributed by atoms with Crippen molar-refractivity contribution in [2.45, 2.75) is 6.92 Å². The number of benzene rings is 1. The van der Waals surface area contributed by atoms with Crippen molar-refractivity contribution >= 4 is 17.2 Å². The van der Waals surface area contributed by atoms with Crippen molar-refractivity contribution in [3.05, 3.63) is 53.2 Å². The van der Waals surface area contributed by atoms with Crippen LogP contribution in [0.15, 0.2) is 42.6 Å². The summed E-state index contributed by atoms with van der Waals surface area (Å²) in [6.45, 7) is 2.03. The SMILES string of the molecule is Cc1cc[n+]2c(c1)nnn2-c1ccc(Cl)cc1. The van der Waals surface area contributed by atoms with Gasteiger partial charge in [-0.05, 0) is 47.6 Å². The van der Waals surface area contributed by atoms with Crippen molar-refractivity contribution < 1.29 is 4.52 Å². The Balaban J connectivity index is 2.21. The lowest BCUT2D eigenvalue weighted by atomic mass is 10.3. The fourth-order valence-electron chi connectivity index (χ4n) is 1.70. The van der Waals surface area contributed by atoms with Gasteiger partial charge in [0.1, 0.15) is 10.8 Å². The van der Waals surface area contributed by atoms with Gasteiger partial charge in [0, 0.05) is 11.1 Å². The first-order valence-electron chi connectivity index (χ1n) is 5.24. The van der Waals surface area contributed by atoms with E-state index in [9.17, 15) is 0 Å². The first-order chi connectivity index (χ1) is 8.24. The molecule has 4 nitrogen and oxygen atoms in total. The molecule has 84 valence electrons. The van der Waals surface area contributed by atoms with E-state index in [1.165, 1.54) is 0 Å². The third-order valence-electron chi connectivity index (χ3n) is 2.56. The minimum Gasteiger partial charge on any atom is -0.123 e.